The predicted octanol–water partition coefficient (Wildman–Crippen LogP) is 5.56. The molecule has 1 atom stereocenters. The molecule has 0 spiro atoms. The summed E-state index contributed by atoms with van der Waals surface area (Å²) in [7, 11) is 0. The van der Waals surface area contributed by atoms with Crippen LogP contribution in [0.1, 0.15) is 77.6 Å². The van der Waals surface area contributed by atoms with Crippen molar-refractivity contribution in [1.82, 2.24) is 0 Å². The molecule has 0 saturated carbocycles. The molecule has 0 bridgehead atoms. The summed E-state index contributed by atoms with van der Waals surface area (Å²) < 4.78 is 37.1. The van der Waals surface area contributed by atoms with E-state index in [2.05, 4.69) is 6.92 Å². The number of unbranched alkanes of at least 4 members (excludes halogenated alkanes) is 9. The Balaban J connectivity index is 3.49. The summed E-state index contributed by atoms with van der Waals surface area (Å²) >= 11 is 0. The van der Waals surface area contributed by atoms with Gasteiger partial charge in [0.15, 0.2) is 5.92 Å². The predicted molar refractivity (Wildman–Crippen MR) is 73.6 cm³/mol. The van der Waals surface area contributed by atoms with E-state index in [1.54, 1.807) is 0 Å². The van der Waals surface area contributed by atoms with E-state index in [0.29, 0.717) is 12.8 Å². The van der Waals surface area contributed by atoms with E-state index in [9.17, 15) is 18.0 Å². The highest BCUT2D eigenvalue weighted by atomic mass is 19.4. The van der Waals surface area contributed by atoms with E-state index in [-0.39, 0.29) is 6.42 Å². The highest BCUT2D eigenvalue weighted by Crippen LogP contribution is 2.30. The van der Waals surface area contributed by atoms with Gasteiger partial charge in [0.1, 0.15) is 0 Å². The van der Waals surface area contributed by atoms with Crippen LogP contribution in [0.15, 0.2) is 0 Å². The van der Waals surface area contributed by atoms with Crippen LogP contribution in [0.5, 0.6) is 0 Å². The average molecular weight is 296 g/mol. The molecule has 0 aliphatic carbocycles. The van der Waals surface area contributed by atoms with Crippen LogP contribution in [0.4, 0.5) is 13.2 Å². The van der Waals surface area contributed by atoms with Crippen molar-refractivity contribution in [3.63, 3.8) is 0 Å². The molecule has 0 aromatic heterocycles. The van der Waals surface area contributed by atoms with Crippen molar-refractivity contribution >= 4 is 5.97 Å². The molecule has 0 amide bonds. The molecule has 5 heteroatoms. The van der Waals surface area contributed by atoms with Gasteiger partial charge >= 0.3 is 12.1 Å². The van der Waals surface area contributed by atoms with Gasteiger partial charge in [-0.2, -0.15) is 13.2 Å². The average Bonchev–Trinajstić information content (AvgIpc) is 2.34. The van der Waals surface area contributed by atoms with Gasteiger partial charge in [0.05, 0.1) is 0 Å². The standard InChI is InChI=1S/C15H27F3O2/c1-2-3-4-5-6-7-8-9-10-11-12-13(14(19)20)15(16,17)18/h13H,2-12H2,1H3,(H,19,20)/t13-/m0/s1. The number of carboxylic acid groups (broad SMARTS) is 1. The van der Waals surface area contributed by atoms with Crippen LogP contribution in [0.25, 0.3) is 0 Å². The summed E-state index contributed by atoms with van der Waals surface area (Å²) in [5.74, 6) is -3.95. The molecule has 0 rings (SSSR count). The Labute approximate surface area is 119 Å². The third-order valence-electron chi connectivity index (χ3n) is 3.54. The van der Waals surface area contributed by atoms with Crippen LogP contribution in [0.2, 0.25) is 0 Å². The summed E-state index contributed by atoms with van der Waals surface area (Å²) in [5, 5.41) is 8.53. The van der Waals surface area contributed by atoms with Crippen molar-refractivity contribution < 1.29 is 23.1 Å². The fourth-order valence-electron chi connectivity index (χ4n) is 2.26. The number of alkyl halides is 3. The second-order valence-corrected chi connectivity index (χ2v) is 5.40. The lowest BCUT2D eigenvalue weighted by Gasteiger charge is -2.15. The minimum atomic E-state index is -4.62. The van der Waals surface area contributed by atoms with Gasteiger partial charge in [0, 0.05) is 0 Å². The number of carbonyl (C=O) groups is 1. The van der Waals surface area contributed by atoms with Gasteiger partial charge in [-0.15, -0.1) is 0 Å². The Hall–Kier alpha value is -0.740. The lowest BCUT2D eigenvalue weighted by Crippen LogP contribution is -2.30. The zero-order valence-corrected chi connectivity index (χ0v) is 12.3. The fraction of sp³-hybridized carbons (Fsp3) is 0.933. The van der Waals surface area contributed by atoms with Gasteiger partial charge < -0.3 is 5.11 Å². The van der Waals surface area contributed by atoms with Gasteiger partial charge in [-0.3, -0.25) is 4.79 Å². The molecule has 0 unspecified atom stereocenters. The lowest BCUT2D eigenvalue weighted by atomic mass is 9.99. The second kappa shape index (κ2) is 11.0. The summed E-state index contributed by atoms with van der Waals surface area (Å²) in [6.45, 7) is 2.17. The molecule has 0 aromatic carbocycles. The first-order valence-electron chi connectivity index (χ1n) is 7.69. The monoisotopic (exact) mass is 296 g/mol. The number of hydrogen-bond donors (Lipinski definition) is 1. The van der Waals surface area contributed by atoms with Crippen LogP contribution in [-0.2, 0) is 4.79 Å². The Morgan fingerprint density at radius 3 is 1.65 bits per heavy atom. The van der Waals surface area contributed by atoms with Gasteiger partial charge in [-0.25, -0.2) is 0 Å². The molecule has 0 aromatic rings. The molecule has 2 nitrogen and oxygen atoms in total. The fourth-order valence-corrected chi connectivity index (χ4v) is 2.26. The molecular formula is C15H27F3O2. The van der Waals surface area contributed by atoms with Gasteiger partial charge in [-0.1, -0.05) is 71.1 Å². The molecule has 120 valence electrons. The molecular weight excluding hydrogens is 269 g/mol. The van der Waals surface area contributed by atoms with Gasteiger partial charge in [-0.05, 0) is 6.42 Å². The first kappa shape index (κ1) is 19.3. The topological polar surface area (TPSA) is 37.3 Å². The highest BCUT2D eigenvalue weighted by molar-refractivity contribution is 5.70. The molecule has 0 saturated heterocycles. The number of rotatable bonds is 12. The van der Waals surface area contributed by atoms with E-state index in [0.717, 1.165) is 19.3 Å². The van der Waals surface area contributed by atoms with Gasteiger partial charge in [0.25, 0.3) is 0 Å². The molecule has 20 heavy (non-hydrogen) atoms. The highest BCUT2D eigenvalue weighted by Gasteiger charge is 2.44. The van der Waals surface area contributed by atoms with E-state index in [1.165, 1.54) is 32.1 Å². The van der Waals surface area contributed by atoms with Crippen molar-refractivity contribution in [1.29, 1.82) is 0 Å². The maximum absolute atomic E-state index is 12.4. The normalized spacial score (nSPS) is 13.4. The van der Waals surface area contributed by atoms with E-state index < -0.39 is 18.1 Å². The van der Waals surface area contributed by atoms with Crippen LogP contribution < -0.4 is 0 Å². The maximum atomic E-state index is 12.4. The number of hydrogen-bond acceptors (Lipinski definition) is 1. The number of halogens is 3. The first-order chi connectivity index (χ1) is 9.39. The Morgan fingerprint density at radius 1 is 0.900 bits per heavy atom. The Kier molecular flexibility index (Phi) is 10.6. The molecule has 1 N–H and O–H groups in total. The summed E-state index contributed by atoms with van der Waals surface area (Å²) in [6.07, 6.45) is 5.38. The van der Waals surface area contributed by atoms with Crippen molar-refractivity contribution in [3.8, 4) is 0 Å². The molecule has 0 heterocycles. The van der Waals surface area contributed by atoms with Crippen molar-refractivity contribution in [2.45, 2.75) is 83.7 Å². The largest absolute Gasteiger partial charge is 0.481 e. The van der Waals surface area contributed by atoms with Crippen LogP contribution in [0, 0.1) is 5.92 Å². The minimum Gasteiger partial charge on any atom is -0.481 e. The quantitative estimate of drug-likeness (QED) is 0.479. The van der Waals surface area contributed by atoms with Crippen LogP contribution >= 0.6 is 0 Å². The minimum absolute atomic E-state index is 0.296. The lowest BCUT2D eigenvalue weighted by molar-refractivity contribution is -0.194. The van der Waals surface area contributed by atoms with E-state index in [4.69, 9.17) is 5.11 Å². The van der Waals surface area contributed by atoms with Crippen molar-refractivity contribution in [2.24, 2.45) is 5.92 Å². The third-order valence-corrected chi connectivity index (χ3v) is 3.54. The third kappa shape index (κ3) is 10.1. The summed E-state index contributed by atoms with van der Waals surface area (Å²) in [4.78, 5) is 10.5. The van der Waals surface area contributed by atoms with E-state index in [1.807, 2.05) is 0 Å². The molecule has 0 radical (unpaired) electrons. The number of aliphatic carboxylic acids is 1. The zero-order chi connectivity index (χ0) is 15.4. The smallest absolute Gasteiger partial charge is 0.402 e. The molecule has 0 fully saturated rings. The van der Waals surface area contributed by atoms with Crippen molar-refractivity contribution in [2.75, 3.05) is 0 Å². The summed E-state index contributed by atoms with van der Waals surface area (Å²) in [6, 6.07) is 0. The SMILES string of the molecule is CCCCCCCCCCCC[C@@H](C(=O)O)C(F)(F)F. The number of carboxylic acids is 1. The molecule has 0 aliphatic rings. The van der Waals surface area contributed by atoms with Crippen LogP contribution in [0.3, 0.4) is 0 Å². The Bertz CT molecular complexity index is 252. The zero-order valence-electron chi connectivity index (χ0n) is 12.3. The van der Waals surface area contributed by atoms with Crippen LogP contribution in [-0.4, -0.2) is 17.3 Å². The summed E-state index contributed by atoms with van der Waals surface area (Å²) in [5.41, 5.74) is 0. The maximum Gasteiger partial charge on any atom is 0.402 e. The van der Waals surface area contributed by atoms with Crippen molar-refractivity contribution in [3.05, 3.63) is 0 Å². The molecule has 0 aliphatic heterocycles. The van der Waals surface area contributed by atoms with E-state index >= 15 is 0 Å². The first-order valence-corrected chi connectivity index (χ1v) is 7.69. The van der Waals surface area contributed by atoms with Gasteiger partial charge in [0.2, 0.25) is 0 Å². The Morgan fingerprint density at radius 2 is 1.30 bits per heavy atom. The second-order valence-electron chi connectivity index (χ2n) is 5.40.